The van der Waals surface area contributed by atoms with Crippen molar-refractivity contribution < 1.29 is 8.42 Å². The van der Waals surface area contributed by atoms with E-state index in [1.807, 2.05) is 0 Å². The average Bonchev–Trinajstić information content (AvgIpc) is 3.05. The lowest BCUT2D eigenvalue weighted by molar-refractivity contribution is 0.590. The van der Waals surface area contributed by atoms with Gasteiger partial charge >= 0.3 is 0 Å². The molecule has 0 aromatic heterocycles. The minimum Gasteiger partial charge on any atom is -0.313 e. The van der Waals surface area contributed by atoms with E-state index in [4.69, 9.17) is 11.6 Å². The third-order valence-corrected chi connectivity index (χ3v) is 4.70. The first kappa shape index (κ1) is 12.9. The van der Waals surface area contributed by atoms with E-state index in [1.165, 1.54) is 12.8 Å². The summed E-state index contributed by atoms with van der Waals surface area (Å²) in [5.74, 6) is 0.202. The second-order valence-electron chi connectivity index (χ2n) is 4.41. The minimum atomic E-state index is -3.07. The molecule has 0 aliphatic heterocycles. The molecule has 0 heterocycles. The van der Waals surface area contributed by atoms with Gasteiger partial charge in [-0.25, -0.2) is 8.42 Å². The van der Waals surface area contributed by atoms with Gasteiger partial charge in [-0.05, 0) is 24.5 Å². The van der Waals surface area contributed by atoms with Crippen molar-refractivity contribution in [2.75, 3.05) is 12.3 Å². The second-order valence-corrected chi connectivity index (χ2v) is 7.00. The Hall–Kier alpha value is -0.580. The SMILES string of the molecule is O=S(=O)(CCNC1CC1)Cc1ccccc1Cl. The van der Waals surface area contributed by atoms with Crippen molar-refractivity contribution in [1.82, 2.24) is 5.32 Å². The first-order valence-corrected chi connectivity index (χ1v) is 7.94. The maximum atomic E-state index is 11.9. The van der Waals surface area contributed by atoms with E-state index in [1.54, 1.807) is 24.3 Å². The second kappa shape index (κ2) is 5.38. The fourth-order valence-corrected chi connectivity index (χ4v) is 3.21. The lowest BCUT2D eigenvalue weighted by Gasteiger charge is -2.06. The van der Waals surface area contributed by atoms with Crippen LogP contribution in [0.4, 0.5) is 0 Å². The lowest BCUT2D eigenvalue weighted by atomic mass is 10.2. The van der Waals surface area contributed by atoms with Gasteiger partial charge < -0.3 is 5.32 Å². The van der Waals surface area contributed by atoms with Gasteiger partial charge in [-0.3, -0.25) is 0 Å². The highest BCUT2D eigenvalue weighted by Gasteiger charge is 2.21. The molecule has 0 unspecified atom stereocenters. The zero-order valence-electron chi connectivity index (χ0n) is 9.52. The Morgan fingerprint density at radius 3 is 2.65 bits per heavy atom. The van der Waals surface area contributed by atoms with Crippen molar-refractivity contribution in [3.8, 4) is 0 Å². The highest BCUT2D eigenvalue weighted by molar-refractivity contribution is 7.90. The average molecular weight is 274 g/mol. The molecule has 94 valence electrons. The van der Waals surface area contributed by atoms with Crippen LogP contribution in [0.5, 0.6) is 0 Å². The van der Waals surface area contributed by atoms with Gasteiger partial charge in [0.05, 0.1) is 11.5 Å². The van der Waals surface area contributed by atoms with Crippen molar-refractivity contribution in [3.63, 3.8) is 0 Å². The highest BCUT2D eigenvalue weighted by Crippen LogP contribution is 2.19. The van der Waals surface area contributed by atoms with E-state index >= 15 is 0 Å². The summed E-state index contributed by atoms with van der Waals surface area (Å²) in [6.07, 6.45) is 2.34. The van der Waals surface area contributed by atoms with Crippen LogP contribution in [0.1, 0.15) is 18.4 Å². The van der Waals surface area contributed by atoms with Gasteiger partial charge in [-0.1, -0.05) is 29.8 Å². The van der Waals surface area contributed by atoms with Crippen LogP contribution in [-0.4, -0.2) is 26.8 Å². The van der Waals surface area contributed by atoms with E-state index < -0.39 is 9.84 Å². The van der Waals surface area contributed by atoms with Crippen LogP contribution in [-0.2, 0) is 15.6 Å². The molecule has 1 saturated carbocycles. The number of rotatable bonds is 6. The molecule has 1 aliphatic carbocycles. The van der Waals surface area contributed by atoms with Crippen molar-refractivity contribution >= 4 is 21.4 Å². The smallest absolute Gasteiger partial charge is 0.155 e. The number of hydrogen-bond donors (Lipinski definition) is 1. The van der Waals surface area contributed by atoms with Crippen LogP contribution in [0.2, 0.25) is 5.02 Å². The lowest BCUT2D eigenvalue weighted by Crippen LogP contribution is -2.25. The molecule has 2 rings (SSSR count). The summed E-state index contributed by atoms with van der Waals surface area (Å²) >= 11 is 5.94. The molecule has 5 heteroatoms. The molecule has 0 atom stereocenters. The molecule has 1 aliphatic rings. The van der Waals surface area contributed by atoms with E-state index in [9.17, 15) is 8.42 Å². The number of benzene rings is 1. The maximum Gasteiger partial charge on any atom is 0.155 e. The quantitative estimate of drug-likeness (QED) is 0.862. The van der Waals surface area contributed by atoms with Gasteiger partial charge in [0.25, 0.3) is 0 Å². The summed E-state index contributed by atoms with van der Waals surface area (Å²) in [4.78, 5) is 0. The summed E-state index contributed by atoms with van der Waals surface area (Å²) in [7, 11) is -3.07. The summed E-state index contributed by atoms with van der Waals surface area (Å²) in [5, 5.41) is 3.72. The standard InChI is InChI=1S/C12H16ClNO2S/c13-12-4-2-1-3-10(12)9-17(15,16)8-7-14-11-5-6-11/h1-4,11,14H,5-9H2. The number of hydrogen-bond acceptors (Lipinski definition) is 3. The monoisotopic (exact) mass is 273 g/mol. The fraction of sp³-hybridized carbons (Fsp3) is 0.500. The van der Waals surface area contributed by atoms with E-state index in [0.29, 0.717) is 23.2 Å². The van der Waals surface area contributed by atoms with Crippen LogP contribution in [0.15, 0.2) is 24.3 Å². The molecule has 1 aromatic rings. The molecule has 0 saturated heterocycles. The zero-order valence-corrected chi connectivity index (χ0v) is 11.1. The van der Waals surface area contributed by atoms with Gasteiger partial charge in [0.15, 0.2) is 9.84 Å². The Kier molecular flexibility index (Phi) is 4.07. The third kappa shape index (κ3) is 4.30. The number of sulfone groups is 1. The molecule has 0 amide bonds. The Bertz CT molecular complexity index is 483. The third-order valence-electron chi connectivity index (χ3n) is 2.76. The molecule has 0 bridgehead atoms. The predicted molar refractivity (Wildman–Crippen MR) is 70.0 cm³/mol. The molecule has 0 radical (unpaired) electrons. The fourth-order valence-electron chi connectivity index (χ4n) is 1.63. The first-order chi connectivity index (χ1) is 8.07. The van der Waals surface area contributed by atoms with E-state index in [0.717, 1.165) is 0 Å². The van der Waals surface area contributed by atoms with E-state index in [2.05, 4.69) is 5.32 Å². The van der Waals surface area contributed by atoms with E-state index in [-0.39, 0.29) is 11.5 Å². The summed E-state index contributed by atoms with van der Waals surface area (Å²) in [5.41, 5.74) is 0.681. The van der Waals surface area contributed by atoms with Crippen molar-refractivity contribution in [2.45, 2.75) is 24.6 Å². The summed E-state index contributed by atoms with van der Waals surface area (Å²) in [6.45, 7) is 0.539. The van der Waals surface area contributed by atoms with Gasteiger partial charge in [0.1, 0.15) is 0 Å². The van der Waals surface area contributed by atoms with Crippen LogP contribution in [0.3, 0.4) is 0 Å². The highest BCUT2D eigenvalue weighted by atomic mass is 35.5. The van der Waals surface area contributed by atoms with Crippen LogP contribution >= 0.6 is 11.6 Å². The van der Waals surface area contributed by atoms with Gasteiger partial charge in [-0.2, -0.15) is 0 Å². The molecule has 1 fully saturated rings. The normalized spacial score (nSPS) is 16.1. The topological polar surface area (TPSA) is 46.2 Å². The molecule has 1 aromatic carbocycles. The number of nitrogens with one attached hydrogen (secondary N) is 1. The summed E-state index contributed by atoms with van der Waals surface area (Å²) in [6, 6.07) is 7.63. The Morgan fingerprint density at radius 1 is 1.29 bits per heavy atom. The zero-order chi connectivity index (χ0) is 12.3. The summed E-state index contributed by atoms with van der Waals surface area (Å²) < 4.78 is 23.7. The first-order valence-electron chi connectivity index (χ1n) is 5.74. The van der Waals surface area contributed by atoms with Gasteiger partial charge in [0.2, 0.25) is 0 Å². The predicted octanol–water partition coefficient (Wildman–Crippen LogP) is 2.01. The Morgan fingerprint density at radius 2 is 2.00 bits per heavy atom. The minimum absolute atomic E-state index is 0.0268. The number of halogens is 1. The molecule has 0 spiro atoms. The van der Waals surface area contributed by atoms with Crippen LogP contribution in [0, 0.1) is 0 Å². The Balaban J connectivity index is 1.89. The van der Waals surface area contributed by atoms with Crippen molar-refractivity contribution in [3.05, 3.63) is 34.9 Å². The molecule has 17 heavy (non-hydrogen) atoms. The van der Waals surface area contributed by atoms with Crippen LogP contribution in [0.25, 0.3) is 0 Å². The molecular weight excluding hydrogens is 258 g/mol. The van der Waals surface area contributed by atoms with Crippen molar-refractivity contribution in [2.24, 2.45) is 0 Å². The van der Waals surface area contributed by atoms with Crippen LogP contribution < -0.4 is 5.32 Å². The Labute approximate surface area is 107 Å². The molecule has 3 nitrogen and oxygen atoms in total. The van der Waals surface area contributed by atoms with Gasteiger partial charge in [-0.15, -0.1) is 0 Å². The largest absolute Gasteiger partial charge is 0.313 e. The maximum absolute atomic E-state index is 11.9. The molecule has 1 N–H and O–H groups in total. The molecular formula is C12H16ClNO2S. The van der Waals surface area contributed by atoms with Crippen molar-refractivity contribution in [1.29, 1.82) is 0 Å². The van der Waals surface area contributed by atoms with Gasteiger partial charge in [0, 0.05) is 17.6 Å².